The average Bonchev–Trinajstić information content (AvgIpc) is 2.73. The Labute approximate surface area is 173 Å². The number of hydrogen-bond donors (Lipinski definition) is 3. The first-order valence-corrected chi connectivity index (χ1v) is 9.11. The summed E-state index contributed by atoms with van der Waals surface area (Å²) >= 11 is 0. The lowest BCUT2D eigenvalue weighted by atomic mass is 9.71. The van der Waals surface area contributed by atoms with E-state index in [1.165, 1.54) is 54.7 Å². The van der Waals surface area contributed by atoms with Gasteiger partial charge in [-0.25, -0.2) is 10.2 Å². The van der Waals surface area contributed by atoms with Crippen molar-refractivity contribution in [3.63, 3.8) is 0 Å². The number of nitrogens with zero attached hydrogens (tertiary/aromatic N) is 2. The van der Waals surface area contributed by atoms with Gasteiger partial charge in [0.25, 0.3) is 5.91 Å². The molecule has 158 valence electrons. The summed E-state index contributed by atoms with van der Waals surface area (Å²) in [7, 11) is 0. The van der Waals surface area contributed by atoms with E-state index in [4.69, 9.17) is 5.11 Å². The third-order valence-corrected chi connectivity index (χ3v) is 5.17. The minimum atomic E-state index is -4.92. The molecule has 0 aliphatic carbocycles. The van der Waals surface area contributed by atoms with E-state index in [2.05, 4.69) is 15.4 Å². The maximum absolute atomic E-state index is 14.5. The lowest BCUT2D eigenvalue weighted by Gasteiger charge is -2.37. The zero-order valence-corrected chi connectivity index (χ0v) is 15.8. The molecule has 1 aromatic heterocycles. The second kappa shape index (κ2) is 7.38. The predicted octanol–water partition coefficient (Wildman–Crippen LogP) is 4.05. The van der Waals surface area contributed by atoms with Crippen LogP contribution in [0.3, 0.4) is 0 Å². The van der Waals surface area contributed by atoms with E-state index in [1.807, 2.05) is 5.43 Å². The number of carboxylic acid groups (broad SMARTS) is 1. The number of hydrogen-bond acceptors (Lipinski definition) is 4. The van der Waals surface area contributed by atoms with Crippen LogP contribution >= 0.6 is 0 Å². The minimum absolute atomic E-state index is 0.0136. The number of benzene rings is 2. The van der Waals surface area contributed by atoms with Gasteiger partial charge < -0.3 is 5.11 Å². The number of alkyl halides is 3. The molecule has 2 aromatic carbocycles. The van der Waals surface area contributed by atoms with Crippen molar-refractivity contribution < 1.29 is 27.9 Å². The Bertz CT molecular complexity index is 1200. The van der Waals surface area contributed by atoms with E-state index >= 15 is 0 Å². The molecule has 1 aliphatic rings. The van der Waals surface area contributed by atoms with Gasteiger partial charge in [0.1, 0.15) is 0 Å². The van der Waals surface area contributed by atoms with Crippen LogP contribution in [0.5, 0.6) is 0 Å². The van der Waals surface area contributed by atoms with Gasteiger partial charge in [-0.15, -0.1) is 0 Å². The van der Waals surface area contributed by atoms with E-state index in [9.17, 15) is 22.8 Å². The third kappa shape index (κ3) is 3.45. The van der Waals surface area contributed by atoms with Gasteiger partial charge in [-0.2, -0.15) is 18.3 Å². The molecule has 1 atom stereocenters. The maximum Gasteiger partial charge on any atom is 0.409 e. The van der Waals surface area contributed by atoms with Crippen LogP contribution in [0.2, 0.25) is 0 Å². The first-order chi connectivity index (χ1) is 14.7. The lowest BCUT2D eigenvalue weighted by molar-refractivity contribution is -0.194. The van der Waals surface area contributed by atoms with Gasteiger partial charge in [0.05, 0.1) is 11.2 Å². The van der Waals surface area contributed by atoms with Crippen LogP contribution in [0.1, 0.15) is 17.5 Å². The van der Waals surface area contributed by atoms with Crippen LogP contribution in [0.25, 0.3) is 10.9 Å². The SMILES string of the molecule is O=C(O)Nc1ccc(C2=NNC(=O)C(c3cccc4ncccc34)(C(F)(F)F)C2)cc1. The third-order valence-electron chi connectivity index (χ3n) is 5.17. The molecule has 0 radical (unpaired) electrons. The Balaban J connectivity index is 1.83. The molecule has 0 spiro atoms. The Kier molecular flexibility index (Phi) is 4.84. The van der Waals surface area contributed by atoms with Gasteiger partial charge in [0, 0.05) is 23.7 Å². The highest BCUT2D eigenvalue weighted by molar-refractivity contribution is 6.09. The fraction of sp³-hybridized carbons (Fsp3) is 0.143. The van der Waals surface area contributed by atoms with Crippen LogP contribution in [-0.4, -0.2) is 34.0 Å². The van der Waals surface area contributed by atoms with Crippen molar-refractivity contribution >= 4 is 34.3 Å². The standard InChI is InChI=1S/C21H15F3N4O3/c22-21(23,24)20(15-4-1-5-16-14(15)3-2-10-25-16)11-17(27-28-18(20)29)12-6-8-13(9-7-12)26-19(30)31/h1-10,26H,11H2,(H,28,29)(H,30,31). The van der Waals surface area contributed by atoms with Crippen LogP contribution in [0, 0.1) is 0 Å². The molecule has 0 bridgehead atoms. The zero-order chi connectivity index (χ0) is 22.2. The molecule has 10 heteroatoms. The number of halogens is 3. The van der Waals surface area contributed by atoms with Gasteiger partial charge in [-0.3, -0.25) is 15.1 Å². The molecule has 0 saturated carbocycles. The molecular formula is C21H15F3N4O3. The van der Waals surface area contributed by atoms with Crippen molar-refractivity contribution in [3.8, 4) is 0 Å². The second-order valence-corrected chi connectivity index (χ2v) is 6.96. The number of fused-ring (bicyclic) bond motifs is 1. The molecule has 3 aromatic rings. The normalized spacial score (nSPS) is 18.9. The van der Waals surface area contributed by atoms with Gasteiger partial charge in [0.2, 0.25) is 0 Å². The highest BCUT2D eigenvalue weighted by Gasteiger charge is 2.63. The molecule has 4 rings (SSSR count). The number of aromatic nitrogens is 1. The van der Waals surface area contributed by atoms with E-state index in [0.29, 0.717) is 11.1 Å². The quantitative estimate of drug-likeness (QED) is 0.586. The van der Waals surface area contributed by atoms with Crippen molar-refractivity contribution in [2.45, 2.75) is 18.0 Å². The molecule has 31 heavy (non-hydrogen) atoms. The predicted molar refractivity (Wildman–Crippen MR) is 107 cm³/mol. The van der Waals surface area contributed by atoms with Crippen LogP contribution in [-0.2, 0) is 10.2 Å². The van der Waals surface area contributed by atoms with Crippen molar-refractivity contribution in [1.82, 2.24) is 10.4 Å². The van der Waals surface area contributed by atoms with Crippen molar-refractivity contribution in [2.75, 3.05) is 5.32 Å². The highest BCUT2D eigenvalue weighted by atomic mass is 19.4. The van der Waals surface area contributed by atoms with Gasteiger partial charge in [0.15, 0.2) is 5.41 Å². The monoisotopic (exact) mass is 428 g/mol. The smallest absolute Gasteiger partial charge is 0.409 e. The Morgan fingerprint density at radius 2 is 1.84 bits per heavy atom. The van der Waals surface area contributed by atoms with Crippen molar-refractivity contribution in [3.05, 3.63) is 71.9 Å². The van der Waals surface area contributed by atoms with Crippen LogP contribution in [0.15, 0.2) is 65.9 Å². The van der Waals surface area contributed by atoms with Gasteiger partial charge in [-0.05, 0) is 35.4 Å². The number of carbonyl (C=O) groups excluding carboxylic acids is 1. The summed E-state index contributed by atoms with van der Waals surface area (Å²) in [4.78, 5) is 27.6. The molecule has 0 saturated heterocycles. The number of rotatable bonds is 3. The van der Waals surface area contributed by atoms with Crippen LogP contribution in [0.4, 0.5) is 23.7 Å². The minimum Gasteiger partial charge on any atom is -0.465 e. The van der Waals surface area contributed by atoms with E-state index < -0.39 is 30.0 Å². The molecule has 7 nitrogen and oxygen atoms in total. The largest absolute Gasteiger partial charge is 0.465 e. The molecule has 2 heterocycles. The number of carbonyl (C=O) groups is 2. The molecule has 1 aliphatic heterocycles. The number of hydrazone groups is 1. The summed E-state index contributed by atoms with van der Waals surface area (Å²) in [6.07, 6.45) is -5.45. The van der Waals surface area contributed by atoms with Crippen molar-refractivity contribution in [1.29, 1.82) is 0 Å². The van der Waals surface area contributed by atoms with E-state index in [0.717, 1.165) is 0 Å². The topological polar surface area (TPSA) is 104 Å². The number of pyridine rings is 1. The zero-order valence-electron chi connectivity index (χ0n) is 15.8. The molecule has 0 fully saturated rings. The fourth-order valence-corrected chi connectivity index (χ4v) is 3.70. The maximum atomic E-state index is 14.5. The summed E-state index contributed by atoms with van der Waals surface area (Å²) in [5.41, 5.74) is -0.120. The molecular weight excluding hydrogens is 413 g/mol. The Hall–Kier alpha value is -3.95. The molecule has 2 amide bonds. The fourth-order valence-electron chi connectivity index (χ4n) is 3.70. The van der Waals surface area contributed by atoms with Crippen LogP contribution < -0.4 is 10.7 Å². The van der Waals surface area contributed by atoms with E-state index in [1.54, 1.807) is 6.07 Å². The molecule has 3 N–H and O–H groups in total. The Morgan fingerprint density at radius 3 is 2.52 bits per heavy atom. The highest BCUT2D eigenvalue weighted by Crippen LogP contribution is 2.48. The van der Waals surface area contributed by atoms with E-state index in [-0.39, 0.29) is 22.3 Å². The lowest BCUT2D eigenvalue weighted by Crippen LogP contribution is -2.57. The summed E-state index contributed by atoms with van der Waals surface area (Å²) in [6, 6.07) is 13.0. The van der Waals surface area contributed by atoms with Gasteiger partial charge in [-0.1, -0.05) is 30.3 Å². The van der Waals surface area contributed by atoms with Crippen molar-refractivity contribution in [2.24, 2.45) is 5.10 Å². The second-order valence-electron chi connectivity index (χ2n) is 6.96. The summed E-state index contributed by atoms with van der Waals surface area (Å²) < 4.78 is 43.6. The summed E-state index contributed by atoms with van der Waals surface area (Å²) in [6.45, 7) is 0. The Morgan fingerprint density at radius 1 is 1.10 bits per heavy atom. The number of amides is 2. The first kappa shape index (κ1) is 20.3. The van der Waals surface area contributed by atoms with Gasteiger partial charge >= 0.3 is 12.3 Å². The summed E-state index contributed by atoms with van der Waals surface area (Å²) in [5, 5.41) is 15.0. The number of anilines is 1. The number of nitrogens with one attached hydrogen (secondary N) is 2. The first-order valence-electron chi connectivity index (χ1n) is 9.11. The summed E-state index contributed by atoms with van der Waals surface area (Å²) in [5.74, 6) is -1.27. The molecule has 1 unspecified atom stereocenters. The average molecular weight is 428 g/mol.